The van der Waals surface area contributed by atoms with Crippen molar-refractivity contribution in [3.8, 4) is 11.4 Å². The maximum absolute atomic E-state index is 12.1. The fraction of sp³-hybridized carbons (Fsp3) is 0.350. The van der Waals surface area contributed by atoms with Gasteiger partial charge < -0.3 is 21.5 Å². The van der Waals surface area contributed by atoms with Gasteiger partial charge in [-0.1, -0.05) is 12.2 Å². The lowest BCUT2D eigenvalue weighted by atomic mass is 9.88. The molecule has 1 heterocycles. The van der Waals surface area contributed by atoms with E-state index in [1.165, 1.54) is 0 Å². The predicted octanol–water partition coefficient (Wildman–Crippen LogP) is 1.09. The summed E-state index contributed by atoms with van der Waals surface area (Å²) in [5.74, 6) is 1.48. The van der Waals surface area contributed by atoms with Crippen LogP contribution < -0.4 is 21.5 Å². The number of hydrogen-bond donors (Lipinski definition) is 3. The van der Waals surface area contributed by atoms with Gasteiger partial charge in [-0.3, -0.25) is 4.79 Å². The number of hydrogen-bond acceptors (Lipinski definition) is 7. The molecular weight excluding hydrogens is 372 g/mol. The molecule has 0 spiro atoms. The summed E-state index contributed by atoms with van der Waals surface area (Å²) in [7, 11) is 0. The second-order valence-corrected chi connectivity index (χ2v) is 7.46. The van der Waals surface area contributed by atoms with E-state index < -0.39 is 17.9 Å². The smallest absolute Gasteiger partial charge is 0.241 e. The highest BCUT2D eigenvalue weighted by Crippen LogP contribution is 2.47. The molecule has 2 bridgehead atoms. The average molecular weight is 394 g/mol. The number of nitrogen functional groups attached to an aromatic ring is 1. The van der Waals surface area contributed by atoms with Crippen molar-refractivity contribution < 1.29 is 14.3 Å². The minimum Gasteiger partial charge on any atom is -0.491 e. The number of anilines is 2. The molecule has 1 aromatic carbocycles. The minimum absolute atomic E-state index is 0.0664. The number of carbonyl (C=O) groups excluding carboxylic acids is 2. The number of nitrogens with zero attached hydrogens (tertiary/aromatic N) is 3. The number of carbonyl (C=O) groups is 1. The molecule has 9 heteroatoms. The van der Waals surface area contributed by atoms with Gasteiger partial charge in [0.25, 0.3) is 0 Å². The fourth-order valence-corrected chi connectivity index (χ4v) is 4.10. The standard InChI is InChI=1S/C20H22N6O3/c1-10(2)29-12-5-3-11(4-6-12)26-20(24-19(22)25-26)23-17-14-8-7-13(15(14)9-27)16(17)18(21)28/h3-8,10,13-14,16-17H,1-2H3,(H2,21,28)(H3,22,23,24,25). The van der Waals surface area contributed by atoms with Gasteiger partial charge >= 0.3 is 0 Å². The molecule has 4 rings (SSSR count). The van der Waals surface area contributed by atoms with Crippen molar-refractivity contribution in [1.29, 1.82) is 0 Å². The predicted molar refractivity (Wildman–Crippen MR) is 107 cm³/mol. The van der Waals surface area contributed by atoms with Crippen molar-refractivity contribution in [1.82, 2.24) is 14.8 Å². The number of nitrogens with two attached hydrogens (primary N) is 2. The Balaban J connectivity index is 1.65. The monoisotopic (exact) mass is 394 g/mol. The van der Waals surface area contributed by atoms with E-state index in [0.29, 0.717) is 17.2 Å². The number of rotatable bonds is 6. The second-order valence-electron chi connectivity index (χ2n) is 7.46. The quantitative estimate of drug-likeness (QED) is 0.492. The number of aromatic nitrogens is 3. The minimum atomic E-state index is -0.574. The molecule has 2 aliphatic rings. The normalized spacial score (nSPS) is 24.7. The van der Waals surface area contributed by atoms with E-state index >= 15 is 0 Å². The van der Waals surface area contributed by atoms with Crippen LogP contribution in [0.1, 0.15) is 13.8 Å². The van der Waals surface area contributed by atoms with Crippen LogP contribution in [0.4, 0.5) is 11.9 Å². The van der Waals surface area contributed by atoms with Crippen molar-refractivity contribution in [2.45, 2.75) is 26.0 Å². The van der Waals surface area contributed by atoms with Crippen LogP contribution in [0.3, 0.4) is 0 Å². The van der Waals surface area contributed by atoms with Crippen LogP contribution in [0.2, 0.25) is 0 Å². The summed E-state index contributed by atoms with van der Waals surface area (Å²) in [6.45, 7) is 3.91. The summed E-state index contributed by atoms with van der Waals surface area (Å²) in [4.78, 5) is 27.7. The summed E-state index contributed by atoms with van der Waals surface area (Å²) in [5, 5.41) is 7.48. The molecule has 2 aliphatic carbocycles. The van der Waals surface area contributed by atoms with E-state index in [1.807, 2.05) is 56.2 Å². The van der Waals surface area contributed by atoms with Gasteiger partial charge in [0.2, 0.25) is 17.8 Å². The molecule has 4 atom stereocenters. The number of nitrogens with one attached hydrogen (secondary N) is 1. The van der Waals surface area contributed by atoms with Gasteiger partial charge in [-0.2, -0.15) is 9.67 Å². The zero-order valence-corrected chi connectivity index (χ0v) is 16.1. The van der Waals surface area contributed by atoms with Crippen LogP contribution in [-0.2, 0) is 9.59 Å². The number of benzene rings is 1. The first kappa shape index (κ1) is 18.8. The summed E-state index contributed by atoms with van der Waals surface area (Å²) >= 11 is 0. The third kappa shape index (κ3) is 3.25. The van der Waals surface area contributed by atoms with Gasteiger partial charge in [-0.15, -0.1) is 5.10 Å². The topological polar surface area (TPSA) is 138 Å². The Kier molecular flexibility index (Phi) is 4.60. The molecule has 1 amide bonds. The summed E-state index contributed by atoms with van der Waals surface area (Å²) in [5.41, 5.74) is 12.7. The van der Waals surface area contributed by atoms with Crippen molar-refractivity contribution in [3.63, 3.8) is 0 Å². The number of primary amides is 1. The molecule has 1 fully saturated rings. The molecule has 0 aliphatic heterocycles. The number of allylic oxidation sites excluding steroid dienone is 1. The molecule has 0 radical (unpaired) electrons. The lowest BCUT2D eigenvalue weighted by Crippen LogP contribution is -2.41. The zero-order chi connectivity index (χ0) is 20.7. The van der Waals surface area contributed by atoms with Gasteiger partial charge in [0, 0.05) is 17.4 Å². The average Bonchev–Trinajstić information content (AvgIpc) is 3.32. The Bertz CT molecular complexity index is 1020. The summed E-state index contributed by atoms with van der Waals surface area (Å²) in [6, 6.07) is 6.90. The lowest BCUT2D eigenvalue weighted by Gasteiger charge is -2.26. The van der Waals surface area contributed by atoms with Gasteiger partial charge in [-0.05, 0) is 38.1 Å². The maximum atomic E-state index is 12.1. The Hall–Kier alpha value is -3.58. The third-order valence-electron chi connectivity index (χ3n) is 5.22. The molecule has 1 aromatic heterocycles. The van der Waals surface area contributed by atoms with Gasteiger partial charge in [0.1, 0.15) is 11.7 Å². The van der Waals surface area contributed by atoms with Crippen LogP contribution in [0.25, 0.3) is 5.69 Å². The molecule has 4 unspecified atom stereocenters. The molecule has 2 aromatic rings. The lowest BCUT2D eigenvalue weighted by molar-refractivity contribution is -0.122. The van der Waals surface area contributed by atoms with Crippen LogP contribution in [0, 0.1) is 17.8 Å². The number of fused-ring (bicyclic) bond motifs is 2. The first-order chi connectivity index (χ1) is 13.9. The molecule has 0 saturated heterocycles. The Morgan fingerprint density at radius 1 is 1.24 bits per heavy atom. The van der Waals surface area contributed by atoms with E-state index in [2.05, 4.69) is 15.4 Å². The highest BCUT2D eigenvalue weighted by atomic mass is 16.5. The van der Waals surface area contributed by atoms with E-state index in [-0.39, 0.29) is 23.9 Å². The van der Waals surface area contributed by atoms with E-state index in [0.717, 1.165) is 5.75 Å². The van der Waals surface area contributed by atoms with Crippen LogP contribution in [0.5, 0.6) is 5.75 Å². The largest absolute Gasteiger partial charge is 0.491 e. The van der Waals surface area contributed by atoms with E-state index in [1.54, 1.807) is 4.68 Å². The van der Waals surface area contributed by atoms with Crippen LogP contribution >= 0.6 is 0 Å². The highest BCUT2D eigenvalue weighted by molar-refractivity contribution is 5.83. The van der Waals surface area contributed by atoms with Crippen molar-refractivity contribution in [2.24, 2.45) is 23.5 Å². The molecule has 1 saturated carbocycles. The maximum Gasteiger partial charge on any atom is 0.241 e. The second kappa shape index (κ2) is 7.10. The highest BCUT2D eigenvalue weighted by Gasteiger charge is 2.52. The van der Waals surface area contributed by atoms with Gasteiger partial charge in [0.05, 0.1) is 23.8 Å². The van der Waals surface area contributed by atoms with E-state index in [9.17, 15) is 9.59 Å². The molecule has 5 N–H and O–H groups in total. The van der Waals surface area contributed by atoms with Gasteiger partial charge in [0.15, 0.2) is 0 Å². The molecule has 29 heavy (non-hydrogen) atoms. The number of ether oxygens (including phenoxy) is 1. The molecule has 9 nitrogen and oxygen atoms in total. The Labute approximate surface area is 167 Å². The van der Waals surface area contributed by atoms with E-state index in [4.69, 9.17) is 16.2 Å². The Morgan fingerprint density at radius 3 is 2.55 bits per heavy atom. The van der Waals surface area contributed by atoms with Crippen LogP contribution in [-0.4, -0.2) is 38.8 Å². The van der Waals surface area contributed by atoms with Crippen molar-refractivity contribution >= 4 is 23.7 Å². The summed E-state index contributed by atoms with van der Waals surface area (Å²) < 4.78 is 7.21. The molecular formula is C20H22N6O3. The van der Waals surface area contributed by atoms with Gasteiger partial charge in [-0.25, -0.2) is 4.79 Å². The van der Waals surface area contributed by atoms with Crippen molar-refractivity contribution in [3.05, 3.63) is 42.0 Å². The Morgan fingerprint density at radius 2 is 1.93 bits per heavy atom. The fourth-order valence-electron chi connectivity index (χ4n) is 4.10. The molecule has 150 valence electrons. The zero-order valence-electron chi connectivity index (χ0n) is 16.1. The SMILES string of the molecule is CC(C)Oc1ccc(-n2nc(N)nc2NC2C3C=CC(C3=C=O)C2C(N)=O)cc1. The number of amides is 1. The first-order valence-electron chi connectivity index (χ1n) is 9.37. The first-order valence-corrected chi connectivity index (χ1v) is 9.37. The van der Waals surface area contributed by atoms with Crippen molar-refractivity contribution in [2.75, 3.05) is 11.1 Å². The van der Waals surface area contributed by atoms with Crippen LogP contribution in [0.15, 0.2) is 42.0 Å². The third-order valence-corrected chi connectivity index (χ3v) is 5.22. The summed E-state index contributed by atoms with van der Waals surface area (Å²) in [6.07, 6.45) is 3.80.